The van der Waals surface area contributed by atoms with Crippen LogP contribution in [-0.2, 0) is 13.0 Å². The molecule has 1 aromatic heterocycles. The van der Waals surface area contributed by atoms with Gasteiger partial charge in [-0.15, -0.1) is 0 Å². The summed E-state index contributed by atoms with van der Waals surface area (Å²) >= 11 is 0. The van der Waals surface area contributed by atoms with Crippen LogP contribution in [0.2, 0.25) is 0 Å². The number of hydrogen-bond donors (Lipinski definition) is 1. The Morgan fingerprint density at radius 3 is 2.40 bits per heavy atom. The lowest BCUT2D eigenvalue weighted by atomic mass is 10.1. The van der Waals surface area contributed by atoms with Crippen molar-refractivity contribution in [1.82, 2.24) is 9.78 Å². The quantitative estimate of drug-likeness (QED) is 0.880. The molecule has 1 unspecified atom stereocenters. The second-order valence-electron chi connectivity index (χ2n) is 5.49. The van der Waals surface area contributed by atoms with Gasteiger partial charge in [-0.05, 0) is 51.0 Å². The van der Waals surface area contributed by atoms with Crippen molar-refractivity contribution in [3.05, 3.63) is 47.8 Å². The van der Waals surface area contributed by atoms with Crippen molar-refractivity contribution in [2.75, 3.05) is 0 Å². The van der Waals surface area contributed by atoms with Crippen molar-refractivity contribution in [3.8, 4) is 5.75 Å². The Labute approximate surface area is 120 Å². The van der Waals surface area contributed by atoms with Gasteiger partial charge in [0.25, 0.3) is 0 Å². The van der Waals surface area contributed by atoms with E-state index in [0.29, 0.717) is 12.6 Å². The van der Waals surface area contributed by atoms with E-state index in [4.69, 9.17) is 10.5 Å². The molecule has 0 saturated heterocycles. The smallest absolute Gasteiger partial charge is 0.132 e. The third-order valence-electron chi connectivity index (χ3n) is 3.06. The third-order valence-corrected chi connectivity index (χ3v) is 3.06. The Bertz CT molecular complexity index is 529. The zero-order chi connectivity index (χ0) is 14.5. The second kappa shape index (κ2) is 6.57. The van der Waals surface area contributed by atoms with Crippen LogP contribution in [0.15, 0.2) is 36.5 Å². The normalized spacial score (nSPS) is 12.7. The van der Waals surface area contributed by atoms with Gasteiger partial charge in [-0.25, -0.2) is 0 Å². The van der Waals surface area contributed by atoms with E-state index in [-0.39, 0.29) is 6.04 Å². The van der Waals surface area contributed by atoms with E-state index in [1.54, 1.807) is 0 Å². The number of aromatic nitrogens is 2. The maximum absolute atomic E-state index is 5.78. The summed E-state index contributed by atoms with van der Waals surface area (Å²) in [5, 5.41) is 4.46. The highest BCUT2D eigenvalue weighted by atomic mass is 16.5. The van der Waals surface area contributed by atoms with Crippen molar-refractivity contribution < 1.29 is 4.74 Å². The van der Waals surface area contributed by atoms with Crippen LogP contribution in [0, 0.1) is 0 Å². The van der Waals surface area contributed by atoms with E-state index in [1.165, 1.54) is 5.56 Å². The van der Waals surface area contributed by atoms with Gasteiger partial charge < -0.3 is 10.5 Å². The van der Waals surface area contributed by atoms with Gasteiger partial charge in [-0.3, -0.25) is 4.68 Å². The van der Waals surface area contributed by atoms with Crippen LogP contribution in [0.3, 0.4) is 0 Å². The van der Waals surface area contributed by atoms with Crippen LogP contribution in [0.25, 0.3) is 0 Å². The van der Waals surface area contributed by atoms with E-state index >= 15 is 0 Å². The number of nitrogens with two attached hydrogens (primary N) is 1. The Morgan fingerprint density at radius 2 is 1.85 bits per heavy atom. The predicted octanol–water partition coefficient (Wildman–Crippen LogP) is 2.93. The Morgan fingerprint density at radius 1 is 1.15 bits per heavy atom. The summed E-state index contributed by atoms with van der Waals surface area (Å²) < 4.78 is 7.67. The average Bonchev–Trinajstić information content (AvgIpc) is 2.86. The summed E-state index contributed by atoms with van der Waals surface area (Å²) in [5.74, 6) is 0.859. The van der Waals surface area contributed by atoms with Gasteiger partial charge in [0.05, 0.1) is 5.69 Å². The first-order chi connectivity index (χ1) is 9.54. The first-order valence-corrected chi connectivity index (χ1v) is 7.06. The molecule has 1 atom stereocenters. The lowest BCUT2D eigenvalue weighted by Crippen LogP contribution is -2.17. The molecule has 2 N–H and O–H groups in total. The van der Waals surface area contributed by atoms with Crippen LogP contribution in [0.1, 0.15) is 38.1 Å². The van der Waals surface area contributed by atoms with Crippen molar-refractivity contribution in [2.24, 2.45) is 5.73 Å². The first-order valence-electron chi connectivity index (χ1n) is 7.06. The molecule has 0 fully saturated rings. The summed E-state index contributed by atoms with van der Waals surface area (Å²) in [5.41, 5.74) is 7.96. The topological polar surface area (TPSA) is 53.1 Å². The number of benzene rings is 1. The molecule has 0 saturated carbocycles. The molecule has 2 aromatic rings. The van der Waals surface area contributed by atoms with Gasteiger partial charge in [0.15, 0.2) is 0 Å². The standard InChI is InChI=1S/C16H23N3O/c1-12(2)19-9-8-15(18-19)11-20-16-6-4-14(5-7-16)10-13(3)17/h4-9,12-13H,10-11,17H2,1-3H3. The monoisotopic (exact) mass is 273 g/mol. The van der Waals surface area contributed by atoms with Gasteiger partial charge in [-0.1, -0.05) is 12.1 Å². The van der Waals surface area contributed by atoms with E-state index in [2.05, 4.69) is 31.1 Å². The van der Waals surface area contributed by atoms with E-state index < -0.39 is 0 Å². The van der Waals surface area contributed by atoms with Crippen LogP contribution in [0.4, 0.5) is 0 Å². The number of nitrogens with zero attached hydrogens (tertiary/aromatic N) is 2. The number of rotatable bonds is 6. The van der Waals surface area contributed by atoms with E-state index in [9.17, 15) is 0 Å². The van der Waals surface area contributed by atoms with Crippen LogP contribution in [0.5, 0.6) is 5.75 Å². The minimum Gasteiger partial charge on any atom is -0.487 e. The molecule has 2 rings (SSSR count). The van der Waals surface area contributed by atoms with Crippen molar-refractivity contribution >= 4 is 0 Å². The fourth-order valence-corrected chi connectivity index (χ4v) is 1.99. The van der Waals surface area contributed by atoms with Crippen LogP contribution in [-0.4, -0.2) is 15.8 Å². The minimum absolute atomic E-state index is 0.182. The average molecular weight is 273 g/mol. The molecule has 0 amide bonds. The van der Waals surface area contributed by atoms with E-state index in [1.807, 2.05) is 36.0 Å². The Balaban J connectivity index is 1.90. The van der Waals surface area contributed by atoms with E-state index in [0.717, 1.165) is 17.9 Å². The highest BCUT2D eigenvalue weighted by Crippen LogP contribution is 2.15. The largest absolute Gasteiger partial charge is 0.487 e. The molecular weight excluding hydrogens is 250 g/mol. The molecule has 0 bridgehead atoms. The fourth-order valence-electron chi connectivity index (χ4n) is 1.99. The molecule has 0 spiro atoms. The SMILES string of the molecule is CC(N)Cc1ccc(OCc2ccn(C(C)C)n2)cc1. The molecule has 0 aliphatic rings. The van der Waals surface area contributed by atoms with Crippen molar-refractivity contribution in [3.63, 3.8) is 0 Å². The maximum atomic E-state index is 5.78. The second-order valence-corrected chi connectivity index (χ2v) is 5.49. The highest BCUT2D eigenvalue weighted by molar-refractivity contribution is 5.27. The Hall–Kier alpha value is -1.81. The molecule has 4 nitrogen and oxygen atoms in total. The molecular formula is C16H23N3O. The van der Waals surface area contributed by atoms with Gasteiger partial charge in [-0.2, -0.15) is 5.10 Å². The summed E-state index contributed by atoms with van der Waals surface area (Å²) in [6, 6.07) is 10.6. The minimum atomic E-state index is 0.182. The molecule has 20 heavy (non-hydrogen) atoms. The van der Waals surface area contributed by atoms with Gasteiger partial charge in [0.1, 0.15) is 12.4 Å². The molecule has 0 radical (unpaired) electrons. The van der Waals surface area contributed by atoms with Crippen molar-refractivity contribution in [1.29, 1.82) is 0 Å². The summed E-state index contributed by atoms with van der Waals surface area (Å²) in [4.78, 5) is 0. The molecule has 4 heteroatoms. The molecule has 0 aliphatic carbocycles. The van der Waals surface area contributed by atoms with Gasteiger partial charge >= 0.3 is 0 Å². The lowest BCUT2D eigenvalue weighted by Gasteiger charge is -2.08. The van der Waals surface area contributed by atoms with Crippen molar-refractivity contribution in [2.45, 2.75) is 45.9 Å². The molecule has 1 heterocycles. The Kier molecular flexibility index (Phi) is 4.79. The number of ether oxygens (including phenoxy) is 1. The summed E-state index contributed by atoms with van der Waals surface area (Å²) in [7, 11) is 0. The zero-order valence-corrected chi connectivity index (χ0v) is 12.4. The lowest BCUT2D eigenvalue weighted by molar-refractivity contribution is 0.298. The predicted molar refractivity (Wildman–Crippen MR) is 80.7 cm³/mol. The molecule has 0 aliphatic heterocycles. The van der Waals surface area contributed by atoms with Crippen LogP contribution < -0.4 is 10.5 Å². The highest BCUT2D eigenvalue weighted by Gasteiger charge is 2.03. The van der Waals surface area contributed by atoms with Gasteiger partial charge in [0.2, 0.25) is 0 Å². The van der Waals surface area contributed by atoms with Crippen LogP contribution >= 0.6 is 0 Å². The van der Waals surface area contributed by atoms with Gasteiger partial charge in [0, 0.05) is 18.3 Å². The molecule has 108 valence electrons. The molecule has 1 aromatic carbocycles. The first kappa shape index (κ1) is 14.6. The third kappa shape index (κ3) is 4.10. The zero-order valence-electron chi connectivity index (χ0n) is 12.4. The fraction of sp³-hybridized carbons (Fsp3) is 0.438. The maximum Gasteiger partial charge on any atom is 0.132 e. The number of hydrogen-bond acceptors (Lipinski definition) is 3. The summed E-state index contributed by atoms with van der Waals surface area (Å²) in [6.07, 6.45) is 2.87. The summed E-state index contributed by atoms with van der Waals surface area (Å²) in [6.45, 7) is 6.71.